The molecule has 6 rings (SSSR count). The monoisotopic (exact) mass is 602 g/mol. The van der Waals surface area contributed by atoms with Crippen molar-refractivity contribution in [2.75, 3.05) is 6.79 Å². The van der Waals surface area contributed by atoms with Crippen LogP contribution >= 0.6 is 15.8 Å². The fraction of sp³-hybridized carbons (Fsp3) is 0.231. The first kappa shape index (κ1) is 29.6. The van der Waals surface area contributed by atoms with E-state index < -0.39 is 15.8 Å². The molecule has 0 saturated heterocycles. The van der Waals surface area contributed by atoms with E-state index in [2.05, 4.69) is 140 Å². The first-order valence-corrected chi connectivity index (χ1v) is 17.6. The minimum Gasteiger partial charge on any atom is -0.454 e. The standard InChI is InChI=1S/C39H40O2P2/c1-24-9-25(2)14-32(13-24)42(33-15-26(3)10-27(4)16-33)38-21-36-37(41-23-40-36)22-39(38)43(34-17-28(5)11-29(6)18-34)35-19-30(7)12-31(8)20-35/h9-22H,23H2,1-8H3. The molecule has 0 N–H and O–H groups in total. The molecule has 0 fully saturated rings. The van der Waals surface area contributed by atoms with Gasteiger partial charge in [0, 0.05) is 0 Å². The third-order valence-corrected chi connectivity index (χ3v) is 12.8. The Morgan fingerprint density at radius 1 is 0.349 bits per heavy atom. The molecule has 0 aliphatic carbocycles. The Kier molecular flexibility index (Phi) is 8.21. The summed E-state index contributed by atoms with van der Waals surface area (Å²) in [5, 5.41) is 8.17. The van der Waals surface area contributed by atoms with Gasteiger partial charge in [0.2, 0.25) is 6.79 Å². The zero-order chi connectivity index (χ0) is 30.4. The van der Waals surface area contributed by atoms with Crippen molar-refractivity contribution in [2.24, 2.45) is 0 Å². The minimum absolute atomic E-state index is 0.258. The molecule has 2 nitrogen and oxygen atoms in total. The Morgan fingerprint density at radius 3 is 0.814 bits per heavy atom. The number of hydrogen-bond donors (Lipinski definition) is 0. The highest BCUT2D eigenvalue weighted by Gasteiger charge is 2.30. The normalized spacial score (nSPS) is 12.4. The highest BCUT2D eigenvalue weighted by molar-refractivity contribution is 7.85. The predicted octanol–water partition coefficient (Wildman–Crippen LogP) is 7.40. The Morgan fingerprint density at radius 2 is 0.581 bits per heavy atom. The molecule has 1 aliphatic rings. The molecule has 0 spiro atoms. The van der Waals surface area contributed by atoms with Crippen LogP contribution in [0.25, 0.3) is 0 Å². The first-order valence-electron chi connectivity index (χ1n) is 14.9. The van der Waals surface area contributed by atoms with Crippen LogP contribution in [0.1, 0.15) is 44.5 Å². The maximum absolute atomic E-state index is 6.07. The lowest BCUT2D eigenvalue weighted by Crippen LogP contribution is -2.35. The molecule has 5 aromatic carbocycles. The van der Waals surface area contributed by atoms with Crippen LogP contribution in [-0.4, -0.2) is 6.79 Å². The van der Waals surface area contributed by atoms with Gasteiger partial charge in [-0.2, -0.15) is 0 Å². The van der Waals surface area contributed by atoms with Crippen LogP contribution in [-0.2, 0) is 0 Å². The molecule has 0 radical (unpaired) electrons. The number of ether oxygens (including phenoxy) is 2. The van der Waals surface area contributed by atoms with Gasteiger partial charge in [0.15, 0.2) is 11.5 Å². The van der Waals surface area contributed by atoms with Crippen LogP contribution in [0.5, 0.6) is 11.5 Å². The summed E-state index contributed by atoms with van der Waals surface area (Å²) < 4.78 is 12.1. The number of fused-ring (bicyclic) bond motifs is 1. The van der Waals surface area contributed by atoms with Crippen LogP contribution in [0.15, 0.2) is 84.9 Å². The van der Waals surface area contributed by atoms with E-state index >= 15 is 0 Å². The average molecular weight is 603 g/mol. The van der Waals surface area contributed by atoms with Gasteiger partial charge < -0.3 is 9.47 Å². The number of aryl methyl sites for hydroxylation is 8. The maximum Gasteiger partial charge on any atom is 0.231 e. The van der Waals surface area contributed by atoms with Gasteiger partial charge in [-0.3, -0.25) is 0 Å². The molecular formula is C39H40O2P2. The lowest BCUT2D eigenvalue weighted by Gasteiger charge is -2.29. The zero-order valence-corrected chi connectivity index (χ0v) is 28.3. The van der Waals surface area contributed by atoms with Crippen LogP contribution in [0.2, 0.25) is 0 Å². The Bertz CT molecular complexity index is 1540. The van der Waals surface area contributed by atoms with Crippen molar-refractivity contribution < 1.29 is 9.47 Å². The quantitative estimate of drug-likeness (QED) is 0.189. The second kappa shape index (κ2) is 11.9. The van der Waals surface area contributed by atoms with Crippen molar-refractivity contribution in [2.45, 2.75) is 55.4 Å². The zero-order valence-electron chi connectivity index (χ0n) is 26.5. The van der Waals surface area contributed by atoms with E-state index in [0.717, 1.165) is 11.5 Å². The van der Waals surface area contributed by atoms with Crippen molar-refractivity contribution in [1.29, 1.82) is 0 Å². The van der Waals surface area contributed by atoms with Gasteiger partial charge in [0.1, 0.15) is 0 Å². The maximum atomic E-state index is 6.07. The van der Waals surface area contributed by atoms with E-state index in [1.807, 2.05) is 0 Å². The summed E-state index contributed by atoms with van der Waals surface area (Å²) >= 11 is 0. The van der Waals surface area contributed by atoms with Gasteiger partial charge in [-0.05, 0) is 115 Å². The van der Waals surface area contributed by atoms with Crippen LogP contribution in [0.4, 0.5) is 0 Å². The van der Waals surface area contributed by atoms with Gasteiger partial charge in [0.05, 0.1) is 0 Å². The highest BCUT2D eigenvalue weighted by atomic mass is 31.1. The summed E-state index contributed by atoms with van der Waals surface area (Å²) in [5.41, 5.74) is 10.3. The van der Waals surface area contributed by atoms with Gasteiger partial charge in [-0.15, -0.1) is 0 Å². The van der Waals surface area contributed by atoms with Crippen molar-refractivity contribution >= 4 is 47.7 Å². The summed E-state index contributed by atoms with van der Waals surface area (Å²) in [7, 11) is -1.80. The SMILES string of the molecule is Cc1cc(C)cc(P(c2cc(C)cc(C)c2)c2cc3c(cc2P(c2cc(C)cc(C)c2)c2cc(C)cc(C)c2)OCO3)c1. The lowest BCUT2D eigenvalue weighted by atomic mass is 10.2. The van der Waals surface area contributed by atoms with Crippen LogP contribution < -0.4 is 41.3 Å². The van der Waals surface area contributed by atoms with E-state index in [1.165, 1.54) is 76.3 Å². The Balaban J connectivity index is 1.72. The number of hydrogen-bond acceptors (Lipinski definition) is 2. The van der Waals surface area contributed by atoms with Gasteiger partial charge in [-0.1, -0.05) is 117 Å². The average Bonchev–Trinajstić information content (AvgIpc) is 3.34. The predicted molar refractivity (Wildman–Crippen MR) is 188 cm³/mol. The number of benzene rings is 5. The molecule has 43 heavy (non-hydrogen) atoms. The summed E-state index contributed by atoms with van der Waals surface area (Å²) in [4.78, 5) is 0. The van der Waals surface area contributed by atoms with Gasteiger partial charge >= 0.3 is 0 Å². The molecule has 1 heterocycles. The van der Waals surface area contributed by atoms with E-state index in [0.29, 0.717) is 0 Å². The first-order chi connectivity index (χ1) is 20.5. The fourth-order valence-corrected chi connectivity index (χ4v) is 12.5. The largest absolute Gasteiger partial charge is 0.454 e. The van der Waals surface area contributed by atoms with Crippen LogP contribution in [0, 0.1) is 55.4 Å². The Hall–Kier alpha value is -3.44. The molecule has 0 atom stereocenters. The molecule has 1 aliphatic heterocycles. The highest BCUT2D eigenvalue weighted by Crippen LogP contribution is 2.44. The van der Waals surface area contributed by atoms with Crippen molar-refractivity contribution in [3.8, 4) is 11.5 Å². The summed E-state index contributed by atoms with van der Waals surface area (Å²) in [6, 6.07) is 32.8. The van der Waals surface area contributed by atoms with Crippen molar-refractivity contribution in [1.82, 2.24) is 0 Å². The molecule has 0 aromatic heterocycles. The minimum atomic E-state index is -0.901. The molecule has 0 bridgehead atoms. The fourth-order valence-electron chi connectivity index (χ4n) is 6.45. The van der Waals surface area contributed by atoms with E-state index in [9.17, 15) is 0 Å². The molecule has 0 saturated carbocycles. The summed E-state index contributed by atoms with van der Waals surface area (Å²) in [6.45, 7) is 18.0. The summed E-state index contributed by atoms with van der Waals surface area (Å²) in [5.74, 6) is 1.69. The topological polar surface area (TPSA) is 18.5 Å². The second-order valence-electron chi connectivity index (χ2n) is 12.2. The third kappa shape index (κ3) is 6.28. The molecule has 4 heteroatoms. The molecule has 0 unspecified atom stereocenters. The molecule has 0 amide bonds. The second-order valence-corrected chi connectivity index (χ2v) is 16.6. The van der Waals surface area contributed by atoms with E-state index in [1.54, 1.807) is 0 Å². The summed E-state index contributed by atoms with van der Waals surface area (Å²) in [6.07, 6.45) is 0. The molecular weight excluding hydrogens is 562 g/mol. The van der Waals surface area contributed by atoms with Crippen molar-refractivity contribution in [3.05, 3.63) is 129 Å². The van der Waals surface area contributed by atoms with E-state index in [4.69, 9.17) is 9.47 Å². The molecule has 5 aromatic rings. The lowest BCUT2D eigenvalue weighted by molar-refractivity contribution is 0.174. The smallest absolute Gasteiger partial charge is 0.231 e. The van der Waals surface area contributed by atoms with Gasteiger partial charge in [-0.25, -0.2) is 0 Å². The third-order valence-electron chi connectivity index (χ3n) is 7.81. The van der Waals surface area contributed by atoms with Gasteiger partial charge in [0.25, 0.3) is 0 Å². The molecule has 218 valence electrons. The van der Waals surface area contributed by atoms with E-state index in [-0.39, 0.29) is 6.79 Å². The van der Waals surface area contributed by atoms with Crippen molar-refractivity contribution in [3.63, 3.8) is 0 Å². The number of rotatable bonds is 6. The Labute approximate surface area is 259 Å². The van der Waals surface area contributed by atoms with Crippen LogP contribution in [0.3, 0.4) is 0 Å².